The number of methoxy groups -OCH3 is 1. The lowest BCUT2D eigenvalue weighted by atomic mass is 10.4. The highest BCUT2D eigenvalue weighted by atomic mass is 127. The Balaban J connectivity index is 0. The second-order valence-electron chi connectivity index (χ2n) is 3.71. The highest BCUT2D eigenvalue weighted by molar-refractivity contribution is 14.0. The maximum Gasteiger partial charge on any atom is 0.191 e. The Morgan fingerprint density at radius 1 is 1.39 bits per heavy atom. The lowest BCUT2D eigenvalue weighted by molar-refractivity contribution is 0.180. The Morgan fingerprint density at radius 2 is 2.11 bits per heavy atom. The van der Waals surface area contributed by atoms with Crippen molar-refractivity contribution < 1.29 is 4.74 Å². The van der Waals surface area contributed by atoms with Crippen molar-refractivity contribution in [3.63, 3.8) is 0 Å². The second kappa shape index (κ2) is 14.5. The second-order valence-corrected chi connectivity index (χ2v) is 3.71. The van der Waals surface area contributed by atoms with Gasteiger partial charge in [-0.05, 0) is 13.5 Å². The van der Waals surface area contributed by atoms with Gasteiger partial charge < -0.3 is 20.3 Å². The van der Waals surface area contributed by atoms with Gasteiger partial charge in [0.15, 0.2) is 5.96 Å². The average Bonchev–Trinajstić information content (AvgIpc) is 2.34. The molecule has 0 fully saturated rings. The van der Waals surface area contributed by atoms with Gasteiger partial charge in [0.05, 0.1) is 6.54 Å². The van der Waals surface area contributed by atoms with Crippen molar-refractivity contribution in [1.82, 2.24) is 15.5 Å². The molecule has 0 heterocycles. The molecule has 0 amide bonds. The zero-order valence-corrected chi connectivity index (χ0v) is 13.9. The quantitative estimate of drug-likeness (QED) is 0.214. The first kappa shape index (κ1) is 19.8. The van der Waals surface area contributed by atoms with Crippen molar-refractivity contribution in [1.29, 1.82) is 0 Å². The van der Waals surface area contributed by atoms with E-state index in [1.807, 2.05) is 0 Å². The third-order valence-electron chi connectivity index (χ3n) is 2.26. The molecule has 0 bridgehead atoms. The molecule has 0 aliphatic heterocycles. The molecular weight excluding hydrogens is 343 g/mol. The van der Waals surface area contributed by atoms with E-state index in [0.29, 0.717) is 6.54 Å². The molecule has 18 heavy (non-hydrogen) atoms. The Bertz CT molecular complexity index is 253. The van der Waals surface area contributed by atoms with Crippen LogP contribution in [0.25, 0.3) is 0 Å². The minimum Gasteiger partial charge on any atom is -0.385 e. The SMILES string of the molecule is C#CCNC(=NC)NCCN(C)CCCOC.I. The first-order valence-electron chi connectivity index (χ1n) is 5.80. The number of nitrogens with one attached hydrogen (secondary N) is 2. The summed E-state index contributed by atoms with van der Waals surface area (Å²) in [7, 11) is 5.55. The molecule has 0 aromatic carbocycles. The molecule has 0 atom stereocenters. The summed E-state index contributed by atoms with van der Waals surface area (Å²) in [5.74, 6) is 3.25. The van der Waals surface area contributed by atoms with Crippen LogP contribution in [0.2, 0.25) is 0 Å². The van der Waals surface area contributed by atoms with Crippen LogP contribution >= 0.6 is 24.0 Å². The highest BCUT2D eigenvalue weighted by Gasteiger charge is 1.99. The van der Waals surface area contributed by atoms with Gasteiger partial charge in [0.1, 0.15) is 0 Å². The van der Waals surface area contributed by atoms with Crippen molar-refractivity contribution >= 4 is 29.9 Å². The summed E-state index contributed by atoms with van der Waals surface area (Å²) >= 11 is 0. The number of aliphatic imine (C=N–C) groups is 1. The number of likely N-dealkylation sites (N-methyl/N-ethyl adjacent to an activating group) is 1. The monoisotopic (exact) mass is 368 g/mol. The predicted molar refractivity (Wildman–Crippen MR) is 87.6 cm³/mol. The van der Waals surface area contributed by atoms with Crippen molar-refractivity contribution in [2.24, 2.45) is 4.99 Å². The van der Waals surface area contributed by atoms with Crippen LogP contribution in [0, 0.1) is 12.3 Å². The van der Waals surface area contributed by atoms with E-state index in [1.54, 1.807) is 14.2 Å². The minimum atomic E-state index is 0. The van der Waals surface area contributed by atoms with Gasteiger partial charge in [0.25, 0.3) is 0 Å². The molecule has 5 nitrogen and oxygen atoms in total. The molecular formula is C12H25IN4O. The van der Waals surface area contributed by atoms with Crippen molar-refractivity contribution in [2.75, 3.05) is 54.0 Å². The lowest BCUT2D eigenvalue weighted by Crippen LogP contribution is -2.41. The molecule has 0 unspecified atom stereocenters. The fourth-order valence-corrected chi connectivity index (χ4v) is 1.31. The molecule has 0 saturated carbocycles. The van der Waals surface area contributed by atoms with Crippen LogP contribution in [0.3, 0.4) is 0 Å². The summed E-state index contributed by atoms with van der Waals surface area (Å²) < 4.78 is 5.01. The Labute approximate surface area is 128 Å². The van der Waals surface area contributed by atoms with Crippen LogP contribution in [0.15, 0.2) is 4.99 Å². The maximum atomic E-state index is 5.16. The topological polar surface area (TPSA) is 48.9 Å². The molecule has 0 aromatic rings. The molecule has 6 heteroatoms. The van der Waals surface area contributed by atoms with E-state index >= 15 is 0 Å². The lowest BCUT2D eigenvalue weighted by Gasteiger charge is -2.17. The van der Waals surface area contributed by atoms with Crippen LogP contribution < -0.4 is 10.6 Å². The molecule has 0 aromatic heterocycles. The smallest absolute Gasteiger partial charge is 0.191 e. The number of nitrogens with zero attached hydrogens (tertiary/aromatic N) is 2. The van der Waals surface area contributed by atoms with Gasteiger partial charge in [-0.3, -0.25) is 4.99 Å². The van der Waals surface area contributed by atoms with E-state index in [-0.39, 0.29) is 24.0 Å². The van der Waals surface area contributed by atoms with Crippen LogP contribution in [0.5, 0.6) is 0 Å². The van der Waals surface area contributed by atoms with Gasteiger partial charge in [-0.15, -0.1) is 30.4 Å². The van der Waals surface area contributed by atoms with Gasteiger partial charge >= 0.3 is 0 Å². The van der Waals surface area contributed by atoms with E-state index in [4.69, 9.17) is 11.2 Å². The fraction of sp³-hybridized carbons (Fsp3) is 0.750. The molecule has 2 N–H and O–H groups in total. The highest BCUT2D eigenvalue weighted by Crippen LogP contribution is 1.86. The normalized spacial score (nSPS) is 10.7. The van der Waals surface area contributed by atoms with Gasteiger partial charge in [-0.25, -0.2) is 0 Å². The Kier molecular flexibility index (Phi) is 16.0. The molecule has 0 aliphatic rings. The molecule has 0 radical (unpaired) electrons. The Morgan fingerprint density at radius 3 is 2.67 bits per heavy atom. The molecule has 0 saturated heterocycles. The molecule has 106 valence electrons. The van der Waals surface area contributed by atoms with Crippen molar-refractivity contribution in [3.8, 4) is 12.3 Å². The predicted octanol–water partition coefficient (Wildman–Crippen LogP) is 0.371. The minimum absolute atomic E-state index is 0. The third kappa shape index (κ3) is 12.0. The van der Waals surface area contributed by atoms with E-state index in [1.165, 1.54) is 0 Å². The van der Waals surface area contributed by atoms with Crippen LogP contribution in [-0.2, 0) is 4.74 Å². The van der Waals surface area contributed by atoms with E-state index in [0.717, 1.165) is 38.6 Å². The molecule has 0 spiro atoms. The largest absolute Gasteiger partial charge is 0.385 e. The first-order chi connectivity index (χ1) is 8.24. The summed E-state index contributed by atoms with van der Waals surface area (Å²) in [6.07, 6.45) is 6.21. The van der Waals surface area contributed by atoms with Crippen molar-refractivity contribution in [2.45, 2.75) is 6.42 Å². The third-order valence-corrected chi connectivity index (χ3v) is 2.26. The number of hydrogen-bond donors (Lipinski definition) is 2. The standard InChI is InChI=1S/C12H24N4O.HI/c1-5-7-14-12(13-2)15-8-10-16(3)9-6-11-17-4;/h1H,6-11H2,2-4H3,(H2,13,14,15);1H. The Hall–Kier alpha value is -0.520. The maximum absolute atomic E-state index is 5.16. The first-order valence-corrected chi connectivity index (χ1v) is 5.80. The average molecular weight is 368 g/mol. The number of halogens is 1. The van der Waals surface area contributed by atoms with Crippen LogP contribution in [0.4, 0.5) is 0 Å². The summed E-state index contributed by atoms with van der Waals surface area (Å²) in [5.41, 5.74) is 0. The number of guanidine groups is 1. The molecule has 0 rings (SSSR count). The summed E-state index contributed by atoms with van der Waals surface area (Å²) in [4.78, 5) is 6.31. The van der Waals surface area contributed by atoms with Crippen LogP contribution in [-0.4, -0.2) is 64.9 Å². The van der Waals surface area contributed by atoms with E-state index in [9.17, 15) is 0 Å². The van der Waals surface area contributed by atoms with E-state index < -0.39 is 0 Å². The fourth-order valence-electron chi connectivity index (χ4n) is 1.31. The van der Waals surface area contributed by atoms with Crippen molar-refractivity contribution in [3.05, 3.63) is 0 Å². The van der Waals surface area contributed by atoms with Gasteiger partial charge in [-0.1, -0.05) is 5.92 Å². The van der Waals surface area contributed by atoms with Crippen LogP contribution in [0.1, 0.15) is 6.42 Å². The summed E-state index contributed by atoms with van der Waals surface area (Å²) in [6.45, 7) is 4.13. The van der Waals surface area contributed by atoms with Gasteiger partial charge in [0, 0.05) is 40.4 Å². The number of hydrogen-bond acceptors (Lipinski definition) is 3. The summed E-state index contributed by atoms with van der Waals surface area (Å²) in [6, 6.07) is 0. The van der Waals surface area contributed by atoms with Gasteiger partial charge in [-0.2, -0.15) is 0 Å². The number of terminal acetylenes is 1. The zero-order chi connectivity index (χ0) is 12.9. The number of ether oxygens (including phenoxy) is 1. The summed E-state index contributed by atoms with van der Waals surface area (Å²) in [5, 5.41) is 6.21. The van der Waals surface area contributed by atoms with Gasteiger partial charge in [0.2, 0.25) is 0 Å². The van der Waals surface area contributed by atoms with E-state index in [2.05, 4.69) is 33.5 Å². The molecule has 0 aliphatic carbocycles. The zero-order valence-electron chi connectivity index (χ0n) is 11.5. The number of rotatable bonds is 8.